The molecule has 0 N–H and O–H groups in total. The number of carbonyl (C=O) groups excluding carboxylic acids is 1. The van der Waals surface area contributed by atoms with E-state index in [2.05, 4.69) is 18.2 Å². The van der Waals surface area contributed by atoms with Gasteiger partial charge in [0, 0.05) is 22.4 Å². The molecular weight excluding hydrogens is 390 g/mol. The second kappa shape index (κ2) is 9.17. The third kappa shape index (κ3) is 4.69. The van der Waals surface area contributed by atoms with Crippen molar-refractivity contribution in [2.75, 3.05) is 23.9 Å². The third-order valence-corrected chi connectivity index (χ3v) is 6.22. The van der Waals surface area contributed by atoms with Crippen LogP contribution in [-0.4, -0.2) is 24.9 Å². The van der Waals surface area contributed by atoms with Crippen LogP contribution < -0.4 is 14.4 Å². The van der Waals surface area contributed by atoms with Gasteiger partial charge in [-0.25, -0.2) is 0 Å². The molecule has 6 heteroatoms. The topological polar surface area (TPSA) is 38.8 Å². The Morgan fingerprint density at radius 2 is 1.82 bits per heavy atom. The molecule has 2 aromatic carbocycles. The van der Waals surface area contributed by atoms with Crippen LogP contribution in [0.25, 0.3) is 0 Å². The highest BCUT2D eigenvalue weighted by atomic mass is 32.2. The summed E-state index contributed by atoms with van der Waals surface area (Å²) < 4.78 is 11.3. The van der Waals surface area contributed by atoms with E-state index in [-0.39, 0.29) is 5.91 Å². The molecule has 1 aliphatic rings. The number of thioether (sulfide) groups is 1. The van der Waals surface area contributed by atoms with Gasteiger partial charge < -0.3 is 14.4 Å². The summed E-state index contributed by atoms with van der Waals surface area (Å²) in [5.41, 5.74) is 2.06. The minimum absolute atomic E-state index is 0.0889. The molecular formula is C22H21NO3S2. The molecule has 0 bridgehead atoms. The molecule has 1 aromatic heterocycles. The molecule has 28 heavy (non-hydrogen) atoms. The summed E-state index contributed by atoms with van der Waals surface area (Å²) in [7, 11) is 0. The highest BCUT2D eigenvalue weighted by Gasteiger charge is 2.20. The predicted molar refractivity (Wildman–Crippen MR) is 116 cm³/mol. The first kappa shape index (κ1) is 18.9. The lowest BCUT2D eigenvalue weighted by Crippen LogP contribution is -2.31. The van der Waals surface area contributed by atoms with Gasteiger partial charge in [-0.3, -0.25) is 4.79 Å². The van der Waals surface area contributed by atoms with Crippen molar-refractivity contribution in [1.29, 1.82) is 0 Å². The number of rotatable bonds is 7. The molecule has 0 saturated carbocycles. The zero-order valence-electron chi connectivity index (χ0n) is 15.4. The fraction of sp³-hybridized carbons (Fsp3) is 0.227. The van der Waals surface area contributed by atoms with Gasteiger partial charge in [-0.2, -0.15) is 0 Å². The van der Waals surface area contributed by atoms with E-state index in [1.54, 1.807) is 23.1 Å². The minimum atomic E-state index is 0.0889. The van der Waals surface area contributed by atoms with Gasteiger partial charge in [-0.05, 0) is 29.1 Å². The SMILES string of the molecule is O=C(CSCc1ccccc1)N(Cc1cccs1)c1ccc2c(c1)OCCO2. The number of benzene rings is 2. The number of thiophene rings is 1. The summed E-state index contributed by atoms with van der Waals surface area (Å²) >= 11 is 3.29. The predicted octanol–water partition coefficient (Wildman–Crippen LogP) is 4.99. The summed E-state index contributed by atoms with van der Waals surface area (Å²) in [5, 5.41) is 2.03. The normalized spacial score (nSPS) is 12.6. The Bertz CT molecular complexity index is 913. The zero-order chi connectivity index (χ0) is 19.2. The van der Waals surface area contributed by atoms with E-state index in [1.807, 2.05) is 52.7 Å². The van der Waals surface area contributed by atoms with Gasteiger partial charge in [-0.15, -0.1) is 23.1 Å². The molecule has 1 aliphatic heterocycles. The fourth-order valence-corrected chi connectivity index (χ4v) is 4.54. The van der Waals surface area contributed by atoms with Crippen molar-refractivity contribution in [3.63, 3.8) is 0 Å². The molecule has 4 rings (SSSR count). The fourth-order valence-electron chi connectivity index (χ4n) is 2.99. The highest BCUT2D eigenvalue weighted by molar-refractivity contribution is 7.99. The van der Waals surface area contributed by atoms with Crippen LogP contribution in [0.5, 0.6) is 11.5 Å². The Hall–Kier alpha value is -2.44. The Morgan fingerprint density at radius 3 is 2.61 bits per heavy atom. The molecule has 0 aliphatic carbocycles. The number of anilines is 1. The summed E-state index contributed by atoms with van der Waals surface area (Å²) in [5.74, 6) is 2.77. The largest absolute Gasteiger partial charge is 0.486 e. The maximum Gasteiger partial charge on any atom is 0.237 e. The van der Waals surface area contributed by atoms with E-state index in [0.717, 1.165) is 22.1 Å². The lowest BCUT2D eigenvalue weighted by Gasteiger charge is -2.25. The summed E-state index contributed by atoms with van der Waals surface area (Å²) in [6, 6.07) is 20.0. The average molecular weight is 412 g/mol. The van der Waals surface area contributed by atoms with E-state index >= 15 is 0 Å². The van der Waals surface area contributed by atoms with Crippen molar-refractivity contribution in [1.82, 2.24) is 0 Å². The van der Waals surface area contributed by atoms with Crippen molar-refractivity contribution in [3.8, 4) is 11.5 Å². The van der Waals surface area contributed by atoms with Gasteiger partial charge in [0.05, 0.1) is 12.3 Å². The first-order valence-electron chi connectivity index (χ1n) is 9.14. The Kier molecular flexibility index (Phi) is 6.19. The number of fused-ring (bicyclic) bond motifs is 1. The van der Waals surface area contributed by atoms with Crippen LogP contribution in [0.2, 0.25) is 0 Å². The summed E-state index contributed by atoms with van der Waals surface area (Å²) in [6.07, 6.45) is 0. The Morgan fingerprint density at radius 1 is 1.00 bits per heavy atom. The monoisotopic (exact) mass is 411 g/mol. The molecule has 144 valence electrons. The van der Waals surface area contributed by atoms with Crippen LogP contribution in [-0.2, 0) is 17.1 Å². The van der Waals surface area contributed by atoms with Crippen LogP contribution in [0.4, 0.5) is 5.69 Å². The molecule has 3 aromatic rings. The molecule has 0 spiro atoms. The van der Waals surface area contributed by atoms with E-state index in [4.69, 9.17) is 9.47 Å². The van der Waals surface area contributed by atoms with E-state index in [0.29, 0.717) is 31.3 Å². The van der Waals surface area contributed by atoms with Crippen molar-refractivity contribution in [2.45, 2.75) is 12.3 Å². The number of carbonyl (C=O) groups is 1. The van der Waals surface area contributed by atoms with Gasteiger partial charge in [0.15, 0.2) is 11.5 Å². The zero-order valence-corrected chi connectivity index (χ0v) is 17.0. The maximum atomic E-state index is 13.1. The van der Waals surface area contributed by atoms with Crippen LogP contribution >= 0.6 is 23.1 Å². The van der Waals surface area contributed by atoms with Gasteiger partial charge >= 0.3 is 0 Å². The third-order valence-electron chi connectivity index (χ3n) is 4.37. The van der Waals surface area contributed by atoms with Crippen molar-refractivity contribution < 1.29 is 14.3 Å². The second-order valence-corrected chi connectivity index (χ2v) is 8.38. The number of ether oxygens (including phenoxy) is 2. The van der Waals surface area contributed by atoms with Gasteiger partial charge in [-0.1, -0.05) is 36.4 Å². The first-order chi connectivity index (χ1) is 13.8. The lowest BCUT2D eigenvalue weighted by atomic mass is 10.2. The van der Waals surface area contributed by atoms with E-state index in [9.17, 15) is 4.79 Å². The van der Waals surface area contributed by atoms with Crippen LogP contribution in [0, 0.1) is 0 Å². The minimum Gasteiger partial charge on any atom is -0.486 e. The molecule has 0 atom stereocenters. The Labute approximate surface area is 173 Å². The van der Waals surface area contributed by atoms with Crippen LogP contribution in [0.3, 0.4) is 0 Å². The molecule has 0 fully saturated rings. The highest BCUT2D eigenvalue weighted by Crippen LogP contribution is 2.35. The smallest absolute Gasteiger partial charge is 0.237 e. The van der Waals surface area contributed by atoms with Gasteiger partial charge in [0.2, 0.25) is 5.91 Å². The van der Waals surface area contributed by atoms with Crippen LogP contribution in [0.15, 0.2) is 66.0 Å². The van der Waals surface area contributed by atoms with E-state index < -0.39 is 0 Å². The molecule has 0 unspecified atom stereocenters. The molecule has 1 amide bonds. The second-order valence-electron chi connectivity index (χ2n) is 6.37. The maximum absolute atomic E-state index is 13.1. The number of nitrogens with zero attached hydrogens (tertiary/aromatic N) is 1. The number of hydrogen-bond donors (Lipinski definition) is 0. The summed E-state index contributed by atoms with van der Waals surface area (Å²) in [4.78, 5) is 16.1. The standard InChI is InChI=1S/C22H21NO3S2/c24-22(16-27-15-17-5-2-1-3-6-17)23(14-19-7-4-12-28-19)18-8-9-20-21(13-18)26-11-10-25-20/h1-9,12-13H,10-11,14-16H2. The Balaban J connectivity index is 1.49. The first-order valence-corrected chi connectivity index (χ1v) is 11.2. The molecule has 4 nitrogen and oxygen atoms in total. The lowest BCUT2D eigenvalue weighted by molar-refractivity contribution is -0.116. The number of hydrogen-bond acceptors (Lipinski definition) is 5. The van der Waals surface area contributed by atoms with Crippen molar-refractivity contribution in [2.24, 2.45) is 0 Å². The molecule has 0 radical (unpaired) electrons. The van der Waals surface area contributed by atoms with Crippen molar-refractivity contribution >= 4 is 34.7 Å². The number of amides is 1. The quantitative estimate of drug-likeness (QED) is 0.549. The van der Waals surface area contributed by atoms with Crippen LogP contribution in [0.1, 0.15) is 10.4 Å². The molecule has 0 saturated heterocycles. The van der Waals surface area contributed by atoms with Crippen molar-refractivity contribution in [3.05, 3.63) is 76.5 Å². The summed E-state index contributed by atoms with van der Waals surface area (Å²) in [6.45, 7) is 1.64. The van der Waals surface area contributed by atoms with E-state index in [1.165, 1.54) is 5.56 Å². The molecule has 2 heterocycles. The average Bonchev–Trinajstić information content (AvgIpc) is 3.26. The van der Waals surface area contributed by atoms with Gasteiger partial charge in [0.1, 0.15) is 13.2 Å². The van der Waals surface area contributed by atoms with Gasteiger partial charge in [0.25, 0.3) is 0 Å².